The van der Waals surface area contributed by atoms with Gasteiger partial charge in [-0.3, -0.25) is 10.1 Å². The predicted octanol–water partition coefficient (Wildman–Crippen LogP) is 6.30. The number of benzene rings is 3. The van der Waals surface area contributed by atoms with Gasteiger partial charge in [-0.2, -0.15) is 10.2 Å². The van der Waals surface area contributed by atoms with Gasteiger partial charge in [0.25, 0.3) is 5.69 Å². The third kappa shape index (κ3) is 4.16. The van der Waals surface area contributed by atoms with Gasteiger partial charge in [0.05, 0.1) is 28.2 Å². The van der Waals surface area contributed by atoms with Crippen molar-refractivity contribution in [1.82, 2.24) is 0 Å². The minimum absolute atomic E-state index is 0.0462. The summed E-state index contributed by atoms with van der Waals surface area (Å²) in [5.41, 5.74) is 4.14. The van der Waals surface area contributed by atoms with Crippen LogP contribution in [0, 0.1) is 10.1 Å². The molecule has 3 aromatic rings. The second kappa shape index (κ2) is 8.06. The van der Waals surface area contributed by atoms with Crippen LogP contribution in [0.5, 0.6) is 0 Å². The molecule has 0 aliphatic carbocycles. The summed E-state index contributed by atoms with van der Waals surface area (Å²) in [5.74, 6) is 0. The molecule has 6 nitrogen and oxygen atoms in total. The van der Waals surface area contributed by atoms with Crippen LogP contribution in [0.4, 0.5) is 17.1 Å². The van der Waals surface area contributed by atoms with Crippen molar-refractivity contribution in [1.29, 1.82) is 0 Å². The van der Waals surface area contributed by atoms with Gasteiger partial charge in [-0.1, -0.05) is 41.6 Å². The Bertz CT molecular complexity index is 1180. The van der Waals surface area contributed by atoms with Gasteiger partial charge in [0, 0.05) is 32.5 Å². The summed E-state index contributed by atoms with van der Waals surface area (Å²) in [5, 5.41) is 23.0. The molecule has 0 bridgehead atoms. The second-order valence-electron chi connectivity index (χ2n) is 6.33. The normalized spacial score (nSPS) is 13.0. The third-order valence-electron chi connectivity index (χ3n) is 4.37. The number of anilines is 2. The van der Waals surface area contributed by atoms with E-state index in [0.29, 0.717) is 10.6 Å². The van der Waals surface area contributed by atoms with Crippen molar-refractivity contribution >= 4 is 52.4 Å². The Morgan fingerprint density at radius 2 is 1.90 bits per heavy atom. The molecule has 0 aromatic heterocycles. The number of nitro groups is 1. The van der Waals surface area contributed by atoms with E-state index in [1.54, 1.807) is 11.8 Å². The third-order valence-corrected chi connectivity index (χ3v) is 5.86. The maximum atomic E-state index is 10.9. The predicted molar refractivity (Wildman–Crippen MR) is 118 cm³/mol. The summed E-state index contributed by atoms with van der Waals surface area (Å²) < 4.78 is 0. The first-order valence-corrected chi connectivity index (χ1v) is 9.90. The van der Waals surface area contributed by atoms with Crippen molar-refractivity contribution in [2.75, 3.05) is 5.32 Å². The quantitative estimate of drug-likeness (QED) is 0.238. The molecular formula is C21H15ClN4O2S. The molecule has 8 heteroatoms. The molecule has 0 unspecified atom stereocenters. The molecule has 1 aliphatic rings. The van der Waals surface area contributed by atoms with E-state index < -0.39 is 4.92 Å². The lowest BCUT2D eigenvalue weighted by Gasteiger charge is -2.21. The van der Waals surface area contributed by atoms with Gasteiger partial charge >= 0.3 is 0 Å². The van der Waals surface area contributed by atoms with Crippen molar-refractivity contribution in [2.24, 2.45) is 10.2 Å². The lowest BCUT2D eigenvalue weighted by Crippen LogP contribution is -2.02. The molecule has 0 radical (unpaired) electrons. The minimum atomic E-state index is -0.474. The van der Waals surface area contributed by atoms with Gasteiger partial charge in [0.2, 0.25) is 0 Å². The molecule has 0 amide bonds. The van der Waals surface area contributed by atoms with Gasteiger partial charge in [-0.15, -0.1) is 0 Å². The molecule has 0 saturated heterocycles. The summed E-state index contributed by atoms with van der Waals surface area (Å²) in [7, 11) is 0. The molecule has 0 spiro atoms. The zero-order valence-corrected chi connectivity index (χ0v) is 16.9. The maximum Gasteiger partial charge on any atom is 0.270 e. The van der Waals surface area contributed by atoms with Crippen LogP contribution in [0.3, 0.4) is 0 Å². The SMILES string of the molecule is C/C(=N\N=C\c1cc([N+](=O)[O-])ccc1Cl)c1ccc2c(c1)Nc1ccccc1S2. The number of hydrogen-bond donors (Lipinski definition) is 1. The molecule has 0 saturated carbocycles. The fourth-order valence-corrected chi connectivity index (χ4v) is 3.98. The Labute approximate surface area is 176 Å². The molecule has 144 valence electrons. The minimum Gasteiger partial charge on any atom is -0.354 e. The van der Waals surface area contributed by atoms with Gasteiger partial charge in [-0.05, 0) is 42.8 Å². The molecule has 0 fully saturated rings. The first-order valence-electron chi connectivity index (χ1n) is 8.71. The summed E-state index contributed by atoms with van der Waals surface area (Å²) in [6.45, 7) is 1.86. The molecule has 3 aromatic carbocycles. The van der Waals surface area contributed by atoms with E-state index in [2.05, 4.69) is 27.7 Å². The highest BCUT2D eigenvalue weighted by atomic mass is 35.5. The number of nitro benzene ring substituents is 1. The molecule has 29 heavy (non-hydrogen) atoms. The summed E-state index contributed by atoms with van der Waals surface area (Å²) in [6.07, 6.45) is 1.42. The topological polar surface area (TPSA) is 79.9 Å². The Morgan fingerprint density at radius 3 is 2.72 bits per heavy atom. The van der Waals surface area contributed by atoms with Crippen LogP contribution in [0.15, 0.2) is 80.7 Å². The molecule has 1 N–H and O–H groups in total. The number of halogens is 1. The highest BCUT2D eigenvalue weighted by molar-refractivity contribution is 7.99. The van der Waals surface area contributed by atoms with Crippen LogP contribution < -0.4 is 5.32 Å². The van der Waals surface area contributed by atoms with E-state index in [1.165, 1.54) is 29.3 Å². The van der Waals surface area contributed by atoms with Crippen LogP contribution in [-0.4, -0.2) is 16.8 Å². The summed E-state index contributed by atoms with van der Waals surface area (Å²) >= 11 is 7.80. The second-order valence-corrected chi connectivity index (χ2v) is 7.82. The van der Waals surface area contributed by atoms with E-state index in [4.69, 9.17) is 11.6 Å². The molecular weight excluding hydrogens is 408 g/mol. The Kier molecular flexibility index (Phi) is 5.33. The Balaban J connectivity index is 1.56. The van der Waals surface area contributed by atoms with Crippen molar-refractivity contribution < 1.29 is 4.92 Å². The van der Waals surface area contributed by atoms with Gasteiger partial charge in [0.1, 0.15) is 0 Å². The smallest absolute Gasteiger partial charge is 0.270 e. The van der Waals surface area contributed by atoms with E-state index in [-0.39, 0.29) is 5.69 Å². The number of non-ortho nitro benzene ring substituents is 1. The van der Waals surface area contributed by atoms with E-state index in [1.807, 2.05) is 37.3 Å². The van der Waals surface area contributed by atoms with Crippen molar-refractivity contribution in [3.8, 4) is 0 Å². The maximum absolute atomic E-state index is 10.9. The number of nitrogens with zero attached hydrogens (tertiary/aromatic N) is 3. The number of hydrogen-bond acceptors (Lipinski definition) is 6. The highest BCUT2D eigenvalue weighted by Gasteiger charge is 2.15. The largest absolute Gasteiger partial charge is 0.354 e. The molecule has 1 aliphatic heterocycles. The molecule has 4 rings (SSSR count). The fourth-order valence-electron chi connectivity index (χ4n) is 2.84. The first-order chi connectivity index (χ1) is 14.0. The van der Waals surface area contributed by atoms with Crippen molar-refractivity contribution in [3.05, 3.63) is 86.9 Å². The van der Waals surface area contributed by atoms with E-state index >= 15 is 0 Å². The highest BCUT2D eigenvalue weighted by Crippen LogP contribution is 2.44. The van der Waals surface area contributed by atoms with E-state index in [9.17, 15) is 10.1 Å². The number of nitrogens with one attached hydrogen (secondary N) is 1. The Hall–Kier alpha value is -3.16. The van der Waals surface area contributed by atoms with Gasteiger partial charge in [0.15, 0.2) is 0 Å². The zero-order chi connectivity index (χ0) is 20.4. The summed E-state index contributed by atoms with van der Waals surface area (Å²) in [6, 6.07) is 18.4. The van der Waals surface area contributed by atoms with Crippen LogP contribution in [0.25, 0.3) is 0 Å². The lowest BCUT2D eigenvalue weighted by atomic mass is 10.1. The van der Waals surface area contributed by atoms with Gasteiger partial charge < -0.3 is 5.32 Å². The summed E-state index contributed by atoms with van der Waals surface area (Å²) in [4.78, 5) is 12.8. The van der Waals surface area contributed by atoms with Crippen LogP contribution in [0.1, 0.15) is 18.1 Å². The van der Waals surface area contributed by atoms with Crippen molar-refractivity contribution in [3.63, 3.8) is 0 Å². The van der Waals surface area contributed by atoms with Crippen LogP contribution >= 0.6 is 23.4 Å². The average Bonchev–Trinajstić information content (AvgIpc) is 2.72. The fraction of sp³-hybridized carbons (Fsp3) is 0.0476. The Morgan fingerprint density at radius 1 is 1.10 bits per heavy atom. The number of rotatable bonds is 4. The van der Waals surface area contributed by atoms with Crippen molar-refractivity contribution in [2.45, 2.75) is 16.7 Å². The monoisotopic (exact) mass is 422 g/mol. The number of fused-ring (bicyclic) bond motifs is 2. The molecule has 0 atom stereocenters. The standard InChI is InChI=1S/C21H15ClN4O2S/c1-13(25-23-12-15-10-16(26(27)28)7-8-17(15)22)14-6-9-21-19(11-14)24-18-4-2-3-5-20(18)29-21/h2-12,24H,1H3/b23-12+,25-13+. The van der Waals surface area contributed by atoms with E-state index in [0.717, 1.165) is 27.5 Å². The van der Waals surface area contributed by atoms with Gasteiger partial charge in [-0.25, -0.2) is 0 Å². The van der Waals surface area contributed by atoms with Crippen LogP contribution in [-0.2, 0) is 0 Å². The average molecular weight is 423 g/mol. The molecule has 1 heterocycles. The van der Waals surface area contributed by atoms with Crippen LogP contribution in [0.2, 0.25) is 5.02 Å². The first kappa shape index (κ1) is 19.2. The zero-order valence-electron chi connectivity index (χ0n) is 15.3. The lowest BCUT2D eigenvalue weighted by molar-refractivity contribution is -0.384. The number of para-hydroxylation sites is 1.